The lowest BCUT2D eigenvalue weighted by molar-refractivity contribution is -0.116. The number of hydrogen-bond donors (Lipinski definition) is 0. The summed E-state index contributed by atoms with van der Waals surface area (Å²) in [7, 11) is -3.46. The van der Waals surface area contributed by atoms with E-state index < -0.39 is 10.0 Å². The number of rotatable bonds is 5. The monoisotopic (exact) mass is 463 g/mol. The summed E-state index contributed by atoms with van der Waals surface area (Å²) >= 11 is 3.15. The zero-order valence-electron chi connectivity index (χ0n) is 16.9. The molecule has 4 rings (SSSR count). The lowest BCUT2D eigenvalue weighted by Gasteiger charge is -2.22. The third-order valence-electron chi connectivity index (χ3n) is 5.30. The van der Waals surface area contributed by atoms with E-state index in [0.717, 1.165) is 29.8 Å². The molecule has 1 saturated heterocycles. The van der Waals surface area contributed by atoms with Crippen LogP contribution < -0.4 is 4.90 Å². The maximum absolute atomic E-state index is 13.0. The Morgan fingerprint density at radius 3 is 2.67 bits per heavy atom. The second kappa shape index (κ2) is 9.30. The van der Waals surface area contributed by atoms with E-state index in [-0.39, 0.29) is 16.6 Å². The summed E-state index contributed by atoms with van der Waals surface area (Å²) in [5.41, 5.74) is 0.970. The Hall–Kier alpha value is -1.55. The van der Waals surface area contributed by atoms with Crippen LogP contribution in [-0.4, -0.2) is 54.3 Å². The number of fused-ring (bicyclic) bond motifs is 1. The fourth-order valence-corrected chi connectivity index (χ4v) is 6.94. The number of para-hydroxylation sites is 1. The van der Waals surface area contributed by atoms with Crippen molar-refractivity contribution in [3.8, 4) is 0 Å². The van der Waals surface area contributed by atoms with Gasteiger partial charge in [-0.3, -0.25) is 4.79 Å². The van der Waals surface area contributed by atoms with Crippen LogP contribution in [0.1, 0.15) is 26.2 Å². The van der Waals surface area contributed by atoms with Crippen LogP contribution in [-0.2, 0) is 14.8 Å². The van der Waals surface area contributed by atoms with Crippen LogP contribution in [0, 0.1) is 0 Å². The molecule has 1 aromatic carbocycles. The summed E-state index contributed by atoms with van der Waals surface area (Å²) in [6.45, 7) is 4.03. The second-order valence-electron chi connectivity index (χ2n) is 7.46. The van der Waals surface area contributed by atoms with Crippen molar-refractivity contribution in [1.82, 2.24) is 9.29 Å². The number of hydrogen-bond acceptors (Lipinski definition) is 6. The molecule has 30 heavy (non-hydrogen) atoms. The Kier molecular flexibility index (Phi) is 6.72. The number of aromatic nitrogens is 1. The van der Waals surface area contributed by atoms with Gasteiger partial charge in [0.1, 0.15) is 4.90 Å². The largest absolute Gasteiger partial charge is 0.311 e. The third kappa shape index (κ3) is 4.69. The molecule has 2 aliphatic heterocycles. The Morgan fingerprint density at radius 2 is 1.93 bits per heavy atom. The van der Waals surface area contributed by atoms with E-state index in [9.17, 15) is 13.2 Å². The van der Waals surface area contributed by atoms with E-state index in [1.54, 1.807) is 12.1 Å². The number of carbonyl (C=O) groups is 1. The SMILES string of the molecule is C[C@H]1CCN(C(=O)CSc2ccc(S(=O)(=O)N3CCCC3)cn2)c2ccccc2S1. The van der Waals surface area contributed by atoms with Crippen molar-refractivity contribution in [2.45, 2.75) is 46.3 Å². The smallest absolute Gasteiger partial charge is 0.244 e. The molecule has 1 fully saturated rings. The molecule has 0 bridgehead atoms. The number of anilines is 1. The van der Waals surface area contributed by atoms with Crippen LogP contribution >= 0.6 is 23.5 Å². The highest BCUT2D eigenvalue weighted by Gasteiger charge is 2.28. The first-order valence-electron chi connectivity index (χ1n) is 10.1. The van der Waals surface area contributed by atoms with Crippen LogP contribution in [0.4, 0.5) is 5.69 Å². The number of carbonyl (C=O) groups excluding carboxylic acids is 1. The number of sulfonamides is 1. The second-order valence-corrected chi connectivity index (χ2v) is 11.9. The topological polar surface area (TPSA) is 70.6 Å². The highest BCUT2D eigenvalue weighted by atomic mass is 32.2. The highest BCUT2D eigenvalue weighted by Crippen LogP contribution is 2.37. The Morgan fingerprint density at radius 1 is 1.17 bits per heavy atom. The zero-order valence-corrected chi connectivity index (χ0v) is 19.3. The average Bonchev–Trinajstić information content (AvgIpc) is 3.24. The number of benzene rings is 1. The lowest BCUT2D eigenvalue weighted by atomic mass is 10.2. The molecule has 0 unspecified atom stereocenters. The molecule has 160 valence electrons. The van der Waals surface area contributed by atoms with Crippen LogP contribution in [0.5, 0.6) is 0 Å². The fraction of sp³-hybridized carbons (Fsp3) is 0.429. The molecule has 1 atom stereocenters. The minimum Gasteiger partial charge on any atom is -0.311 e. The lowest BCUT2D eigenvalue weighted by Crippen LogP contribution is -2.33. The predicted octanol–water partition coefficient (Wildman–Crippen LogP) is 3.88. The molecule has 2 aromatic rings. The molecule has 3 heterocycles. The highest BCUT2D eigenvalue weighted by molar-refractivity contribution is 8.00. The normalized spacial score (nSPS) is 20.0. The standard InChI is InChI=1S/C21H25N3O3S3/c1-16-10-13-24(18-6-2-3-7-19(18)29-16)21(25)15-28-20-9-8-17(14-22-20)30(26,27)23-11-4-5-12-23/h2-3,6-9,14,16H,4-5,10-13,15H2,1H3/t16-/m0/s1. The molecular weight excluding hydrogens is 438 g/mol. The summed E-state index contributed by atoms with van der Waals surface area (Å²) < 4.78 is 26.7. The van der Waals surface area contributed by atoms with Crippen molar-refractivity contribution >= 4 is 45.1 Å². The van der Waals surface area contributed by atoms with Gasteiger partial charge in [0.15, 0.2) is 0 Å². The van der Waals surface area contributed by atoms with E-state index >= 15 is 0 Å². The molecule has 0 N–H and O–H groups in total. The summed E-state index contributed by atoms with van der Waals surface area (Å²) in [5, 5.41) is 1.11. The Bertz CT molecular complexity index is 1010. The van der Waals surface area contributed by atoms with E-state index in [0.29, 0.717) is 29.9 Å². The van der Waals surface area contributed by atoms with Gasteiger partial charge < -0.3 is 4.90 Å². The number of nitrogens with zero attached hydrogens (tertiary/aromatic N) is 3. The molecule has 0 radical (unpaired) electrons. The van der Waals surface area contributed by atoms with Gasteiger partial charge in [-0.2, -0.15) is 4.31 Å². The van der Waals surface area contributed by atoms with Gasteiger partial charge in [-0.25, -0.2) is 13.4 Å². The van der Waals surface area contributed by atoms with Crippen molar-refractivity contribution in [2.75, 3.05) is 30.3 Å². The molecule has 9 heteroatoms. The van der Waals surface area contributed by atoms with Gasteiger partial charge in [-0.1, -0.05) is 30.8 Å². The summed E-state index contributed by atoms with van der Waals surface area (Å²) in [4.78, 5) is 20.5. The van der Waals surface area contributed by atoms with Crippen LogP contribution in [0.2, 0.25) is 0 Å². The first-order valence-corrected chi connectivity index (χ1v) is 13.4. The van der Waals surface area contributed by atoms with Gasteiger partial charge in [0.2, 0.25) is 15.9 Å². The summed E-state index contributed by atoms with van der Waals surface area (Å²) in [5.74, 6) is 0.302. The fourth-order valence-electron chi connectivity index (χ4n) is 3.64. The molecule has 0 spiro atoms. The van der Waals surface area contributed by atoms with Crippen molar-refractivity contribution in [2.24, 2.45) is 0 Å². The molecule has 2 aliphatic rings. The Balaban J connectivity index is 1.42. The number of pyridine rings is 1. The van der Waals surface area contributed by atoms with Crippen molar-refractivity contribution in [3.63, 3.8) is 0 Å². The third-order valence-corrected chi connectivity index (χ3v) is 9.35. The molecule has 1 amide bonds. The average molecular weight is 464 g/mol. The van der Waals surface area contributed by atoms with Gasteiger partial charge >= 0.3 is 0 Å². The maximum Gasteiger partial charge on any atom is 0.244 e. The minimum atomic E-state index is -3.46. The number of amides is 1. The summed E-state index contributed by atoms with van der Waals surface area (Å²) in [6, 6.07) is 11.3. The van der Waals surface area contributed by atoms with Gasteiger partial charge in [0, 0.05) is 36.0 Å². The first kappa shape index (κ1) is 21.7. The van der Waals surface area contributed by atoms with Gasteiger partial charge in [-0.15, -0.1) is 11.8 Å². The minimum absolute atomic E-state index is 0.0396. The van der Waals surface area contributed by atoms with Gasteiger partial charge in [-0.05, 0) is 43.5 Å². The van der Waals surface area contributed by atoms with Crippen LogP contribution in [0.25, 0.3) is 0 Å². The van der Waals surface area contributed by atoms with Gasteiger partial charge in [0.25, 0.3) is 0 Å². The molecule has 1 aromatic heterocycles. The van der Waals surface area contributed by atoms with Crippen LogP contribution in [0.15, 0.2) is 57.4 Å². The van der Waals surface area contributed by atoms with E-state index in [4.69, 9.17) is 0 Å². The van der Waals surface area contributed by atoms with Crippen LogP contribution in [0.3, 0.4) is 0 Å². The Labute approximate surface area is 186 Å². The van der Waals surface area contributed by atoms with E-state index in [2.05, 4.69) is 18.0 Å². The van der Waals surface area contributed by atoms with Gasteiger partial charge in [0.05, 0.1) is 16.5 Å². The van der Waals surface area contributed by atoms with E-state index in [1.807, 2.05) is 34.9 Å². The first-order chi connectivity index (χ1) is 14.4. The van der Waals surface area contributed by atoms with Crippen molar-refractivity contribution in [1.29, 1.82) is 0 Å². The van der Waals surface area contributed by atoms with E-state index in [1.165, 1.54) is 22.3 Å². The van der Waals surface area contributed by atoms with Crippen molar-refractivity contribution < 1.29 is 13.2 Å². The molecule has 6 nitrogen and oxygen atoms in total. The number of thioether (sulfide) groups is 2. The molecular formula is C21H25N3O3S3. The maximum atomic E-state index is 13.0. The molecule has 0 saturated carbocycles. The zero-order chi connectivity index (χ0) is 21.1. The predicted molar refractivity (Wildman–Crippen MR) is 122 cm³/mol. The summed E-state index contributed by atoms with van der Waals surface area (Å²) in [6.07, 6.45) is 4.15. The quantitative estimate of drug-likeness (QED) is 0.627. The molecule has 0 aliphatic carbocycles. The van der Waals surface area contributed by atoms with Crippen molar-refractivity contribution in [3.05, 3.63) is 42.6 Å².